The van der Waals surface area contributed by atoms with Crippen molar-refractivity contribution < 1.29 is 9.13 Å². The van der Waals surface area contributed by atoms with Crippen LogP contribution in [0.1, 0.15) is 31.7 Å². The molecule has 1 N–H and O–H groups in total. The summed E-state index contributed by atoms with van der Waals surface area (Å²) in [6.07, 6.45) is 4.45. The maximum atomic E-state index is 12.7. The minimum atomic E-state index is -0.169. The van der Waals surface area contributed by atoms with Crippen LogP contribution < -0.4 is 5.32 Å². The maximum absolute atomic E-state index is 12.7. The van der Waals surface area contributed by atoms with Crippen LogP contribution >= 0.6 is 0 Å². The van der Waals surface area contributed by atoms with Crippen molar-refractivity contribution in [2.75, 3.05) is 20.3 Å². The predicted molar refractivity (Wildman–Crippen MR) is 73.3 cm³/mol. The Labute approximate surface area is 110 Å². The summed E-state index contributed by atoms with van der Waals surface area (Å²) in [6, 6.07) is 7.18. The van der Waals surface area contributed by atoms with Crippen LogP contribution in [-0.2, 0) is 11.2 Å². The number of rotatable bonds is 9. The second kappa shape index (κ2) is 9.06. The minimum Gasteiger partial charge on any atom is -0.385 e. The Morgan fingerprint density at radius 3 is 2.56 bits per heavy atom. The van der Waals surface area contributed by atoms with Crippen molar-refractivity contribution in [3.05, 3.63) is 35.6 Å². The average Bonchev–Trinajstić information content (AvgIpc) is 2.36. The molecule has 0 fully saturated rings. The molecule has 0 saturated carbocycles. The number of unbranched alkanes of at least 4 members (excludes halogenated alkanes) is 2. The van der Waals surface area contributed by atoms with E-state index in [-0.39, 0.29) is 5.82 Å². The molecular formula is C15H24FNO. The van der Waals surface area contributed by atoms with Crippen LogP contribution in [-0.4, -0.2) is 26.3 Å². The molecule has 1 aromatic rings. The van der Waals surface area contributed by atoms with Gasteiger partial charge in [-0.1, -0.05) is 12.1 Å². The van der Waals surface area contributed by atoms with Gasteiger partial charge in [0.2, 0.25) is 0 Å². The molecule has 1 rings (SSSR count). The van der Waals surface area contributed by atoms with Crippen molar-refractivity contribution in [3.63, 3.8) is 0 Å². The van der Waals surface area contributed by atoms with Gasteiger partial charge in [0, 0.05) is 19.8 Å². The Hall–Kier alpha value is -0.930. The highest BCUT2D eigenvalue weighted by Crippen LogP contribution is 2.05. The smallest absolute Gasteiger partial charge is 0.123 e. The van der Waals surface area contributed by atoms with Crippen LogP contribution in [0.4, 0.5) is 4.39 Å². The fraction of sp³-hybridized carbons (Fsp3) is 0.600. The first kappa shape index (κ1) is 15.1. The van der Waals surface area contributed by atoms with Crippen LogP contribution in [0.2, 0.25) is 0 Å². The van der Waals surface area contributed by atoms with Gasteiger partial charge in [0.15, 0.2) is 0 Å². The predicted octanol–water partition coefficient (Wildman–Crippen LogP) is 3.16. The third kappa shape index (κ3) is 6.72. The standard InChI is InChI=1S/C15H24FNO/c1-13(17-10-4-3-5-11-18-2)12-14-6-8-15(16)9-7-14/h6-9,13,17H,3-5,10-12H2,1-2H3. The van der Waals surface area contributed by atoms with Crippen molar-refractivity contribution in [2.45, 2.75) is 38.6 Å². The lowest BCUT2D eigenvalue weighted by molar-refractivity contribution is 0.192. The molecule has 0 saturated heterocycles. The first-order chi connectivity index (χ1) is 8.72. The molecular weight excluding hydrogens is 229 g/mol. The van der Waals surface area contributed by atoms with Gasteiger partial charge in [0.1, 0.15) is 5.82 Å². The third-order valence-electron chi connectivity index (χ3n) is 2.97. The average molecular weight is 253 g/mol. The highest BCUT2D eigenvalue weighted by Gasteiger charge is 2.02. The van der Waals surface area contributed by atoms with Crippen molar-refractivity contribution in [1.82, 2.24) is 5.32 Å². The first-order valence-electron chi connectivity index (χ1n) is 6.69. The summed E-state index contributed by atoms with van der Waals surface area (Å²) >= 11 is 0. The monoisotopic (exact) mass is 253 g/mol. The third-order valence-corrected chi connectivity index (χ3v) is 2.97. The molecule has 2 nitrogen and oxygen atoms in total. The van der Waals surface area contributed by atoms with E-state index < -0.39 is 0 Å². The van der Waals surface area contributed by atoms with E-state index >= 15 is 0 Å². The van der Waals surface area contributed by atoms with Gasteiger partial charge in [0.25, 0.3) is 0 Å². The van der Waals surface area contributed by atoms with Gasteiger partial charge < -0.3 is 10.1 Å². The van der Waals surface area contributed by atoms with Crippen LogP contribution in [0.5, 0.6) is 0 Å². The molecule has 1 unspecified atom stereocenters. The Morgan fingerprint density at radius 1 is 1.17 bits per heavy atom. The number of hydrogen-bond donors (Lipinski definition) is 1. The lowest BCUT2D eigenvalue weighted by atomic mass is 10.1. The summed E-state index contributed by atoms with van der Waals surface area (Å²) in [7, 11) is 1.74. The van der Waals surface area contributed by atoms with E-state index in [2.05, 4.69) is 12.2 Å². The zero-order chi connectivity index (χ0) is 13.2. The number of ether oxygens (including phenoxy) is 1. The number of hydrogen-bond acceptors (Lipinski definition) is 2. The molecule has 0 bridgehead atoms. The lowest BCUT2D eigenvalue weighted by Crippen LogP contribution is -2.29. The molecule has 0 spiro atoms. The molecule has 18 heavy (non-hydrogen) atoms. The molecule has 1 aromatic carbocycles. The molecule has 1 atom stereocenters. The van der Waals surface area contributed by atoms with E-state index in [1.54, 1.807) is 7.11 Å². The Bertz CT molecular complexity index is 313. The number of halogens is 1. The number of methoxy groups -OCH3 is 1. The quantitative estimate of drug-likeness (QED) is 0.683. The molecule has 0 aromatic heterocycles. The first-order valence-corrected chi connectivity index (χ1v) is 6.69. The summed E-state index contributed by atoms with van der Waals surface area (Å²) in [5.41, 5.74) is 1.18. The Balaban J connectivity index is 2.10. The minimum absolute atomic E-state index is 0.169. The van der Waals surface area contributed by atoms with Gasteiger partial charge >= 0.3 is 0 Å². The fourth-order valence-electron chi connectivity index (χ4n) is 1.94. The molecule has 0 aliphatic carbocycles. The summed E-state index contributed by atoms with van der Waals surface area (Å²) in [5, 5.41) is 3.49. The largest absolute Gasteiger partial charge is 0.385 e. The number of nitrogens with one attached hydrogen (secondary N) is 1. The lowest BCUT2D eigenvalue weighted by Gasteiger charge is -2.13. The fourth-order valence-corrected chi connectivity index (χ4v) is 1.94. The summed E-state index contributed by atoms with van der Waals surface area (Å²) in [4.78, 5) is 0. The molecule has 0 aliphatic rings. The van der Waals surface area contributed by atoms with E-state index in [0.717, 1.165) is 26.0 Å². The van der Waals surface area contributed by atoms with E-state index in [0.29, 0.717) is 6.04 Å². The zero-order valence-electron chi connectivity index (χ0n) is 11.4. The van der Waals surface area contributed by atoms with Gasteiger partial charge in [-0.15, -0.1) is 0 Å². The van der Waals surface area contributed by atoms with E-state index in [1.807, 2.05) is 12.1 Å². The molecule has 0 radical (unpaired) electrons. The summed E-state index contributed by atoms with van der Waals surface area (Å²) in [6.45, 7) is 4.05. The Kier molecular flexibility index (Phi) is 7.62. The highest BCUT2D eigenvalue weighted by molar-refractivity contribution is 5.16. The van der Waals surface area contributed by atoms with Crippen LogP contribution in [0, 0.1) is 5.82 Å². The second-order valence-corrected chi connectivity index (χ2v) is 4.74. The maximum Gasteiger partial charge on any atom is 0.123 e. The SMILES string of the molecule is COCCCCCNC(C)Cc1ccc(F)cc1. The number of benzene rings is 1. The molecule has 102 valence electrons. The van der Waals surface area contributed by atoms with Crippen molar-refractivity contribution in [1.29, 1.82) is 0 Å². The topological polar surface area (TPSA) is 21.3 Å². The van der Waals surface area contributed by atoms with E-state index in [1.165, 1.54) is 30.5 Å². The molecule has 0 aliphatic heterocycles. The van der Waals surface area contributed by atoms with Gasteiger partial charge in [-0.25, -0.2) is 4.39 Å². The molecule has 3 heteroatoms. The highest BCUT2D eigenvalue weighted by atomic mass is 19.1. The van der Waals surface area contributed by atoms with Gasteiger partial charge in [-0.05, 0) is 56.8 Å². The van der Waals surface area contributed by atoms with Gasteiger partial charge in [-0.2, -0.15) is 0 Å². The van der Waals surface area contributed by atoms with E-state index in [4.69, 9.17) is 4.74 Å². The Morgan fingerprint density at radius 2 is 1.89 bits per heavy atom. The van der Waals surface area contributed by atoms with Crippen LogP contribution in [0.3, 0.4) is 0 Å². The molecule has 0 heterocycles. The van der Waals surface area contributed by atoms with Crippen LogP contribution in [0.15, 0.2) is 24.3 Å². The van der Waals surface area contributed by atoms with Gasteiger partial charge in [-0.3, -0.25) is 0 Å². The van der Waals surface area contributed by atoms with Crippen LogP contribution in [0.25, 0.3) is 0 Å². The summed E-state index contributed by atoms with van der Waals surface area (Å²) < 4.78 is 17.8. The van der Waals surface area contributed by atoms with Gasteiger partial charge in [0.05, 0.1) is 0 Å². The summed E-state index contributed by atoms with van der Waals surface area (Å²) in [5.74, 6) is -0.169. The van der Waals surface area contributed by atoms with Crippen molar-refractivity contribution in [2.24, 2.45) is 0 Å². The molecule has 0 amide bonds. The zero-order valence-corrected chi connectivity index (χ0v) is 11.4. The van der Waals surface area contributed by atoms with E-state index in [9.17, 15) is 4.39 Å². The van der Waals surface area contributed by atoms with Crippen molar-refractivity contribution >= 4 is 0 Å². The normalized spacial score (nSPS) is 12.6. The second-order valence-electron chi connectivity index (χ2n) is 4.74. The van der Waals surface area contributed by atoms with Crippen molar-refractivity contribution in [3.8, 4) is 0 Å².